The third-order valence-corrected chi connectivity index (χ3v) is 2.78. The fourth-order valence-electron chi connectivity index (χ4n) is 1.77. The Kier molecular flexibility index (Phi) is 4.70. The molecule has 20 heavy (non-hydrogen) atoms. The predicted molar refractivity (Wildman–Crippen MR) is 75.5 cm³/mol. The van der Waals surface area contributed by atoms with Gasteiger partial charge in [-0.25, -0.2) is 4.98 Å². The first-order valence-corrected chi connectivity index (χ1v) is 6.65. The zero-order valence-electron chi connectivity index (χ0n) is 11.6. The van der Waals surface area contributed by atoms with Gasteiger partial charge in [0, 0.05) is 23.9 Å². The molecule has 0 unspecified atom stereocenters. The van der Waals surface area contributed by atoms with Gasteiger partial charge in [-0.05, 0) is 25.5 Å². The summed E-state index contributed by atoms with van der Waals surface area (Å²) in [5.41, 5.74) is 1.47. The molecule has 0 aliphatic carbocycles. The number of pyridine rings is 1. The van der Waals surface area contributed by atoms with Gasteiger partial charge in [-0.2, -0.15) is 0 Å². The van der Waals surface area contributed by atoms with E-state index < -0.39 is 0 Å². The number of nitrogens with one attached hydrogen (secondary N) is 2. The Hall–Kier alpha value is -2.37. The highest BCUT2D eigenvalue weighted by Crippen LogP contribution is 2.11. The van der Waals surface area contributed by atoms with Crippen molar-refractivity contribution in [3.63, 3.8) is 0 Å². The Bertz CT molecular complexity index is 567. The molecule has 2 rings (SSSR count). The summed E-state index contributed by atoms with van der Waals surface area (Å²) in [7, 11) is 0. The van der Waals surface area contributed by atoms with Gasteiger partial charge in [-0.3, -0.25) is 4.79 Å². The molecule has 0 aromatic carbocycles. The van der Waals surface area contributed by atoms with E-state index in [1.165, 1.54) is 0 Å². The molecule has 0 fully saturated rings. The highest BCUT2D eigenvalue weighted by atomic mass is 16.5. The van der Waals surface area contributed by atoms with E-state index in [2.05, 4.69) is 20.8 Å². The Morgan fingerprint density at radius 1 is 1.35 bits per heavy atom. The van der Waals surface area contributed by atoms with Crippen molar-refractivity contribution in [2.75, 3.05) is 11.9 Å². The monoisotopic (exact) mass is 274 g/mol. The van der Waals surface area contributed by atoms with Crippen LogP contribution in [0.2, 0.25) is 0 Å². The number of aryl methyl sites for hydroxylation is 1. The standard InChI is InChI=1S/C14H18N4O2/c1-3-11-7-10(8-13(18-11)15-4-2)14(19)16-9-12-5-6-17-20-12/h5-8H,3-4,9H2,1-2H3,(H,15,18)(H,16,19). The lowest BCUT2D eigenvalue weighted by Gasteiger charge is -2.09. The molecule has 2 N–H and O–H groups in total. The Morgan fingerprint density at radius 3 is 2.85 bits per heavy atom. The fourth-order valence-corrected chi connectivity index (χ4v) is 1.77. The second-order valence-corrected chi connectivity index (χ2v) is 4.28. The van der Waals surface area contributed by atoms with Gasteiger partial charge < -0.3 is 15.2 Å². The van der Waals surface area contributed by atoms with E-state index >= 15 is 0 Å². The van der Waals surface area contributed by atoms with Crippen LogP contribution in [-0.4, -0.2) is 22.6 Å². The molecule has 0 spiro atoms. The summed E-state index contributed by atoms with van der Waals surface area (Å²) in [6.07, 6.45) is 2.33. The molecular weight excluding hydrogens is 256 g/mol. The minimum absolute atomic E-state index is 0.155. The first-order chi connectivity index (χ1) is 9.72. The maximum atomic E-state index is 12.1. The van der Waals surface area contributed by atoms with Crippen molar-refractivity contribution >= 4 is 11.7 Å². The largest absolute Gasteiger partial charge is 0.370 e. The number of hydrogen-bond donors (Lipinski definition) is 2. The van der Waals surface area contributed by atoms with Crippen molar-refractivity contribution in [2.24, 2.45) is 0 Å². The topological polar surface area (TPSA) is 80.0 Å². The number of carbonyl (C=O) groups is 1. The van der Waals surface area contributed by atoms with Crippen molar-refractivity contribution < 1.29 is 9.32 Å². The molecule has 0 saturated heterocycles. The zero-order valence-corrected chi connectivity index (χ0v) is 11.6. The van der Waals surface area contributed by atoms with E-state index in [1.54, 1.807) is 24.4 Å². The fraction of sp³-hybridized carbons (Fsp3) is 0.357. The average molecular weight is 274 g/mol. The van der Waals surface area contributed by atoms with Gasteiger partial charge in [0.25, 0.3) is 5.91 Å². The van der Waals surface area contributed by atoms with Crippen LogP contribution in [0.25, 0.3) is 0 Å². The molecule has 0 bridgehead atoms. The van der Waals surface area contributed by atoms with E-state index in [4.69, 9.17) is 4.52 Å². The van der Waals surface area contributed by atoms with Crippen molar-refractivity contribution in [3.05, 3.63) is 41.4 Å². The van der Waals surface area contributed by atoms with Crippen LogP contribution in [0.3, 0.4) is 0 Å². The lowest BCUT2D eigenvalue weighted by Crippen LogP contribution is -2.23. The van der Waals surface area contributed by atoms with Crippen LogP contribution in [0.15, 0.2) is 28.9 Å². The van der Waals surface area contributed by atoms with Crippen LogP contribution < -0.4 is 10.6 Å². The van der Waals surface area contributed by atoms with Crippen LogP contribution in [0, 0.1) is 0 Å². The van der Waals surface area contributed by atoms with Crippen LogP contribution in [-0.2, 0) is 13.0 Å². The summed E-state index contributed by atoms with van der Waals surface area (Å²) in [4.78, 5) is 16.6. The molecule has 106 valence electrons. The molecule has 0 atom stereocenters. The highest BCUT2D eigenvalue weighted by Gasteiger charge is 2.10. The number of aromatic nitrogens is 2. The van der Waals surface area contributed by atoms with Crippen LogP contribution in [0.5, 0.6) is 0 Å². The SMILES string of the molecule is CCNc1cc(C(=O)NCc2ccno2)cc(CC)n1. The third-order valence-electron chi connectivity index (χ3n) is 2.78. The number of hydrogen-bond acceptors (Lipinski definition) is 5. The molecular formula is C14H18N4O2. The lowest BCUT2D eigenvalue weighted by molar-refractivity contribution is 0.0947. The number of rotatable bonds is 6. The lowest BCUT2D eigenvalue weighted by atomic mass is 10.2. The van der Waals surface area contributed by atoms with Gasteiger partial charge in [0.1, 0.15) is 5.82 Å². The highest BCUT2D eigenvalue weighted by molar-refractivity contribution is 5.94. The first-order valence-electron chi connectivity index (χ1n) is 6.65. The Labute approximate surface area is 117 Å². The van der Waals surface area contributed by atoms with Crippen molar-refractivity contribution in [1.82, 2.24) is 15.5 Å². The Morgan fingerprint density at radius 2 is 2.20 bits per heavy atom. The summed E-state index contributed by atoms with van der Waals surface area (Å²) in [6, 6.07) is 5.27. The maximum Gasteiger partial charge on any atom is 0.251 e. The number of amides is 1. The number of anilines is 1. The second kappa shape index (κ2) is 6.70. The van der Waals surface area contributed by atoms with Crippen molar-refractivity contribution in [3.8, 4) is 0 Å². The van der Waals surface area contributed by atoms with Gasteiger partial charge in [-0.15, -0.1) is 0 Å². The van der Waals surface area contributed by atoms with E-state index in [9.17, 15) is 4.79 Å². The molecule has 2 aromatic rings. The Balaban J connectivity index is 2.09. The van der Waals surface area contributed by atoms with Crippen LogP contribution in [0.4, 0.5) is 5.82 Å². The quantitative estimate of drug-likeness (QED) is 0.842. The molecule has 0 aliphatic heterocycles. The van der Waals surface area contributed by atoms with E-state index in [0.717, 1.165) is 24.5 Å². The van der Waals surface area contributed by atoms with Crippen molar-refractivity contribution in [2.45, 2.75) is 26.8 Å². The van der Waals surface area contributed by atoms with Crippen molar-refractivity contribution in [1.29, 1.82) is 0 Å². The van der Waals surface area contributed by atoms with E-state index in [0.29, 0.717) is 17.9 Å². The molecule has 6 heteroatoms. The number of carbonyl (C=O) groups excluding carboxylic acids is 1. The first kappa shape index (κ1) is 14.0. The summed E-state index contributed by atoms with van der Waals surface area (Å²) < 4.78 is 4.94. The van der Waals surface area contributed by atoms with Gasteiger partial charge in [0.2, 0.25) is 0 Å². The molecule has 1 amide bonds. The van der Waals surface area contributed by atoms with Gasteiger partial charge >= 0.3 is 0 Å². The van der Waals surface area contributed by atoms with Gasteiger partial charge in [0.05, 0.1) is 12.7 Å². The predicted octanol–water partition coefficient (Wildman–Crippen LogP) is 1.99. The number of nitrogens with zero attached hydrogens (tertiary/aromatic N) is 2. The van der Waals surface area contributed by atoms with Gasteiger partial charge in [0.15, 0.2) is 5.76 Å². The van der Waals surface area contributed by atoms with Gasteiger partial charge in [-0.1, -0.05) is 12.1 Å². The molecule has 2 heterocycles. The van der Waals surface area contributed by atoms with Crippen LogP contribution >= 0.6 is 0 Å². The second-order valence-electron chi connectivity index (χ2n) is 4.28. The van der Waals surface area contributed by atoms with E-state index in [-0.39, 0.29) is 5.91 Å². The third kappa shape index (κ3) is 3.57. The normalized spacial score (nSPS) is 10.3. The molecule has 0 radical (unpaired) electrons. The average Bonchev–Trinajstić information content (AvgIpc) is 2.98. The molecule has 6 nitrogen and oxygen atoms in total. The minimum atomic E-state index is -0.155. The molecule has 0 aliphatic rings. The summed E-state index contributed by atoms with van der Waals surface area (Å²) in [5.74, 6) is 1.18. The molecule has 2 aromatic heterocycles. The smallest absolute Gasteiger partial charge is 0.251 e. The summed E-state index contributed by atoms with van der Waals surface area (Å²) >= 11 is 0. The zero-order chi connectivity index (χ0) is 14.4. The van der Waals surface area contributed by atoms with E-state index in [1.807, 2.05) is 13.8 Å². The maximum absolute atomic E-state index is 12.1. The molecule has 0 saturated carbocycles. The summed E-state index contributed by atoms with van der Waals surface area (Å²) in [5, 5.41) is 9.51. The van der Waals surface area contributed by atoms with Crippen LogP contribution in [0.1, 0.15) is 35.7 Å². The summed E-state index contributed by atoms with van der Waals surface area (Å²) in [6.45, 7) is 5.08. The minimum Gasteiger partial charge on any atom is -0.370 e.